The molecule has 2 N–H and O–H groups in total. The van der Waals surface area contributed by atoms with Gasteiger partial charge in [0, 0.05) is 16.6 Å². The number of aromatic nitrogens is 1. The van der Waals surface area contributed by atoms with E-state index in [2.05, 4.69) is 10.3 Å². The quantitative estimate of drug-likeness (QED) is 0.539. The van der Waals surface area contributed by atoms with Gasteiger partial charge in [-0.2, -0.15) is 0 Å². The topological polar surface area (TPSA) is 62.2 Å². The van der Waals surface area contributed by atoms with E-state index in [1.807, 2.05) is 41.8 Å². The maximum absolute atomic E-state index is 12.1. The summed E-state index contributed by atoms with van der Waals surface area (Å²) in [6.07, 6.45) is 0.331. The zero-order valence-corrected chi connectivity index (χ0v) is 14.7. The van der Waals surface area contributed by atoms with Crippen LogP contribution in [0.2, 0.25) is 0 Å². The molecule has 4 rings (SSSR count). The Balaban J connectivity index is 1.55. The average molecular weight is 366 g/mol. The molecule has 0 aliphatic rings. The average Bonchev–Trinajstić information content (AvgIpc) is 3.23. The number of aromatic hydroxyl groups is 1. The molecule has 0 saturated carbocycles. The van der Waals surface area contributed by atoms with Gasteiger partial charge in [0.15, 0.2) is 0 Å². The number of phenolic OH excluding ortho intramolecular Hbond substituents is 1. The van der Waals surface area contributed by atoms with Crippen LogP contribution in [0.15, 0.2) is 60.0 Å². The number of hydrogen-bond donors (Lipinski definition) is 2. The number of amides is 1. The lowest BCUT2D eigenvalue weighted by Crippen LogP contribution is -2.13. The first-order valence-electron chi connectivity index (χ1n) is 7.70. The van der Waals surface area contributed by atoms with Crippen LogP contribution in [0, 0.1) is 0 Å². The second-order valence-electron chi connectivity index (χ2n) is 5.52. The fourth-order valence-electron chi connectivity index (χ4n) is 2.55. The Morgan fingerprint density at radius 3 is 2.76 bits per heavy atom. The summed E-state index contributed by atoms with van der Waals surface area (Å²) in [5.41, 5.74) is 2.15. The van der Waals surface area contributed by atoms with Crippen molar-refractivity contribution in [1.82, 2.24) is 4.98 Å². The van der Waals surface area contributed by atoms with E-state index in [0.29, 0.717) is 17.7 Å². The monoisotopic (exact) mass is 366 g/mol. The van der Waals surface area contributed by atoms with Crippen LogP contribution in [-0.2, 0) is 11.2 Å². The number of hydrogen-bond acceptors (Lipinski definition) is 5. The molecule has 4 nitrogen and oxygen atoms in total. The SMILES string of the molecule is O=C(Cc1cccs1)Nc1ccc(-c2nc3ccccc3s2)c(O)c1. The Morgan fingerprint density at radius 1 is 1.12 bits per heavy atom. The molecule has 6 heteroatoms. The Bertz CT molecular complexity index is 1010. The normalized spacial score (nSPS) is 10.9. The van der Waals surface area contributed by atoms with Crippen LogP contribution in [-0.4, -0.2) is 16.0 Å². The van der Waals surface area contributed by atoms with E-state index in [4.69, 9.17) is 0 Å². The molecule has 1 amide bonds. The van der Waals surface area contributed by atoms with Gasteiger partial charge < -0.3 is 10.4 Å². The predicted molar refractivity (Wildman–Crippen MR) is 103 cm³/mol. The molecule has 0 aliphatic carbocycles. The van der Waals surface area contributed by atoms with Crippen molar-refractivity contribution in [1.29, 1.82) is 0 Å². The number of anilines is 1. The fraction of sp³-hybridized carbons (Fsp3) is 0.0526. The molecule has 0 saturated heterocycles. The van der Waals surface area contributed by atoms with Crippen molar-refractivity contribution in [3.8, 4) is 16.3 Å². The number of para-hydroxylation sites is 1. The minimum Gasteiger partial charge on any atom is -0.507 e. The van der Waals surface area contributed by atoms with Crippen molar-refractivity contribution in [2.45, 2.75) is 6.42 Å². The summed E-state index contributed by atoms with van der Waals surface area (Å²) in [6, 6.07) is 16.9. The van der Waals surface area contributed by atoms with E-state index in [1.165, 1.54) is 11.3 Å². The van der Waals surface area contributed by atoms with Crippen molar-refractivity contribution in [3.63, 3.8) is 0 Å². The summed E-state index contributed by atoms with van der Waals surface area (Å²) in [5, 5.41) is 15.9. The number of thiophene rings is 1. The van der Waals surface area contributed by atoms with Crippen LogP contribution in [0.5, 0.6) is 5.75 Å². The molecule has 2 aromatic heterocycles. The summed E-state index contributed by atoms with van der Waals surface area (Å²) in [5.74, 6) is 0.00238. The van der Waals surface area contributed by atoms with Gasteiger partial charge in [-0.15, -0.1) is 22.7 Å². The van der Waals surface area contributed by atoms with E-state index in [9.17, 15) is 9.90 Å². The van der Waals surface area contributed by atoms with Gasteiger partial charge in [0.05, 0.1) is 22.2 Å². The van der Waals surface area contributed by atoms with Gasteiger partial charge in [0.25, 0.3) is 0 Å². The lowest BCUT2D eigenvalue weighted by Gasteiger charge is -2.07. The van der Waals surface area contributed by atoms with E-state index >= 15 is 0 Å². The van der Waals surface area contributed by atoms with Gasteiger partial charge in [0.2, 0.25) is 5.91 Å². The molecule has 0 fully saturated rings. The van der Waals surface area contributed by atoms with Gasteiger partial charge in [-0.25, -0.2) is 4.98 Å². The summed E-state index contributed by atoms with van der Waals surface area (Å²) in [7, 11) is 0. The second kappa shape index (κ2) is 6.66. The summed E-state index contributed by atoms with van der Waals surface area (Å²) >= 11 is 3.08. The number of phenols is 1. The number of nitrogens with zero attached hydrogens (tertiary/aromatic N) is 1. The van der Waals surface area contributed by atoms with Crippen LogP contribution in [0.4, 0.5) is 5.69 Å². The highest BCUT2D eigenvalue weighted by molar-refractivity contribution is 7.21. The zero-order valence-electron chi connectivity index (χ0n) is 13.1. The highest BCUT2D eigenvalue weighted by Crippen LogP contribution is 2.36. The lowest BCUT2D eigenvalue weighted by atomic mass is 10.2. The third kappa shape index (κ3) is 3.40. The van der Waals surface area contributed by atoms with Crippen LogP contribution in [0.1, 0.15) is 4.88 Å². The van der Waals surface area contributed by atoms with Crippen LogP contribution >= 0.6 is 22.7 Å². The molecule has 0 aliphatic heterocycles. The van der Waals surface area contributed by atoms with Gasteiger partial charge in [0.1, 0.15) is 10.8 Å². The highest BCUT2D eigenvalue weighted by atomic mass is 32.1. The number of fused-ring (bicyclic) bond motifs is 1. The van der Waals surface area contributed by atoms with Gasteiger partial charge in [-0.3, -0.25) is 4.79 Å². The maximum Gasteiger partial charge on any atom is 0.229 e. The number of benzene rings is 2. The van der Waals surface area contributed by atoms with Crippen LogP contribution < -0.4 is 5.32 Å². The van der Waals surface area contributed by atoms with Crippen molar-refractivity contribution < 1.29 is 9.90 Å². The molecular formula is C19H14N2O2S2. The molecule has 4 aromatic rings. The van der Waals surface area contributed by atoms with E-state index in [0.717, 1.165) is 20.1 Å². The Morgan fingerprint density at radius 2 is 2.00 bits per heavy atom. The number of carbonyl (C=O) groups excluding carboxylic acids is 1. The summed E-state index contributed by atoms with van der Waals surface area (Å²) in [4.78, 5) is 17.6. The molecule has 25 heavy (non-hydrogen) atoms. The molecule has 0 atom stereocenters. The molecule has 124 valence electrons. The highest BCUT2D eigenvalue weighted by Gasteiger charge is 2.12. The number of carbonyl (C=O) groups is 1. The first-order valence-corrected chi connectivity index (χ1v) is 9.40. The molecule has 0 unspecified atom stereocenters. The smallest absolute Gasteiger partial charge is 0.229 e. The van der Waals surface area contributed by atoms with Crippen molar-refractivity contribution >= 4 is 44.5 Å². The number of nitrogens with one attached hydrogen (secondary N) is 1. The Kier molecular flexibility index (Phi) is 4.21. The maximum atomic E-state index is 12.1. The molecule has 0 spiro atoms. The predicted octanol–water partition coefficient (Wildman–Crippen LogP) is 4.91. The standard InChI is InChI=1S/C19H14N2O2S2/c22-16-10-12(20-18(23)11-13-4-3-9-24-13)7-8-14(16)19-21-15-5-1-2-6-17(15)25-19/h1-10,22H,11H2,(H,20,23). The molecule has 2 heterocycles. The van der Waals surface area contributed by atoms with Crippen LogP contribution in [0.25, 0.3) is 20.8 Å². The third-order valence-corrected chi connectivity index (χ3v) is 5.67. The van der Waals surface area contributed by atoms with Crippen molar-refractivity contribution in [2.24, 2.45) is 0 Å². The lowest BCUT2D eigenvalue weighted by molar-refractivity contribution is -0.115. The van der Waals surface area contributed by atoms with Crippen molar-refractivity contribution in [2.75, 3.05) is 5.32 Å². The third-order valence-electron chi connectivity index (χ3n) is 3.72. The minimum atomic E-state index is -0.102. The van der Waals surface area contributed by atoms with E-state index in [-0.39, 0.29) is 11.7 Å². The number of rotatable bonds is 4. The molecule has 0 radical (unpaired) electrons. The first kappa shape index (κ1) is 15.8. The van der Waals surface area contributed by atoms with Gasteiger partial charge in [-0.05, 0) is 35.7 Å². The first-order chi connectivity index (χ1) is 12.2. The summed E-state index contributed by atoms with van der Waals surface area (Å²) in [6.45, 7) is 0. The molecule has 2 aromatic carbocycles. The molecule has 0 bridgehead atoms. The van der Waals surface area contributed by atoms with E-state index in [1.54, 1.807) is 29.5 Å². The number of thiazole rings is 1. The Labute approximate surface area is 152 Å². The zero-order chi connectivity index (χ0) is 17.2. The van der Waals surface area contributed by atoms with Gasteiger partial charge >= 0.3 is 0 Å². The second-order valence-corrected chi connectivity index (χ2v) is 7.59. The van der Waals surface area contributed by atoms with E-state index < -0.39 is 0 Å². The van der Waals surface area contributed by atoms with Crippen LogP contribution in [0.3, 0.4) is 0 Å². The van der Waals surface area contributed by atoms with Gasteiger partial charge in [-0.1, -0.05) is 18.2 Å². The largest absolute Gasteiger partial charge is 0.507 e. The minimum absolute atomic E-state index is 0.102. The van der Waals surface area contributed by atoms with Crippen molar-refractivity contribution in [3.05, 3.63) is 64.9 Å². The summed E-state index contributed by atoms with van der Waals surface area (Å²) < 4.78 is 1.07. The fourth-order valence-corrected chi connectivity index (χ4v) is 4.26. The Hall–Kier alpha value is -2.70. The molecular weight excluding hydrogens is 352 g/mol.